The lowest BCUT2D eigenvalue weighted by molar-refractivity contribution is 0.802. The number of nitrogens with zero attached hydrogens (tertiary/aromatic N) is 4. The molecule has 1 radical (unpaired) electrons. The molecule has 0 amide bonds. The number of hydrogen-bond acceptors (Lipinski definition) is 4. The molecular weight excluding hydrogens is 264 g/mol. The van der Waals surface area contributed by atoms with E-state index in [2.05, 4.69) is 74.9 Å². The number of aromatic amines is 1. The summed E-state index contributed by atoms with van der Waals surface area (Å²) >= 11 is 0. The number of nitrogens with one attached hydrogen (secondary N) is 1. The number of rotatable bonds is 2. The lowest BCUT2D eigenvalue weighted by atomic mass is 9.61. The molecule has 8 heteroatoms. The number of H-pyrrole nitrogens is 1. The quantitative estimate of drug-likeness (QED) is 0.839. The standard InChI is InChI=1S/C12H18B2N5Si/c1-13-17(3)20-19(12-9-10-15-16-12)14(2)18(13)11-7-5-4-6-8-11/h4-10,20H,1-3H3,(H,15,16). The van der Waals surface area contributed by atoms with Crippen LogP contribution in [-0.4, -0.2) is 45.5 Å². The summed E-state index contributed by atoms with van der Waals surface area (Å²) in [6.07, 6.45) is 1.81. The number of hydrogen-bond donors (Lipinski definition) is 1. The lowest BCUT2D eigenvalue weighted by Gasteiger charge is -2.48. The van der Waals surface area contributed by atoms with E-state index < -0.39 is 0 Å². The number of benzene rings is 1. The van der Waals surface area contributed by atoms with E-state index in [-0.39, 0.29) is 9.84 Å². The average molecular weight is 282 g/mol. The van der Waals surface area contributed by atoms with Crippen LogP contribution in [0, 0.1) is 0 Å². The summed E-state index contributed by atoms with van der Waals surface area (Å²) in [6.45, 7) is 5.21. The Kier molecular flexibility index (Phi) is 3.58. The van der Waals surface area contributed by atoms with Gasteiger partial charge in [0.05, 0.1) is 6.20 Å². The van der Waals surface area contributed by atoms with Crippen LogP contribution in [0.25, 0.3) is 0 Å². The molecule has 0 aliphatic carbocycles. The number of anilines is 2. The van der Waals surface area contributed by atoms with Crippen LogP contribution < -0.4 is 9.20 Å². The molecule has 1 saturated heterocycles. The first kappa shape index (κ1) is 13.3. The minimum atomic E-state index is 0.0532. The van der Waals surface area contributed by atoms with Crippen LogP contribution in [0.1, 0.15) is 0 Å². The maximum Gasteiger partial charge on any atom is 0.353 e. The molecule has 2 aromatic rings. The van der Waals surface area contributed by atoms with E-state index in [4.69, 9.17) is 0 Å². The van der Waals surface area contributed by atoms with Crippen LogP contribution in [0.5, 0.6) is 0 Å². The minimum Gasteiger partial charge on any atom is -0.429 e. The molecule has 1 N–H and O–H groups in total. The highest BCUT2D eigenvalue weighted by molar-refractivity contribution is 6.94. The van der Waals surface area contributed by atoms with Gasteiger partial charge in [-0.1, -0.05) is 25.0 Å². The van der Waals surface area contributed by atoms with E-state index in [1.165, 1.54) is 5.69 Å². The molecule has 0 atom stereocenters. The Bertz CT molecular complexity index is 552. The van der Waals surface area contributed by atoms with Crippen molar-refractivity contribution in [2.75, 3.05) is 16.2 Å². The van der Waals surface area contributed by atoms with Crippen molar-refractivity contribution < 1.29 is 0 Å². The molecule has 2 heterocycles. The van der Waals surface area contributed by atoms with Gasteiger partial charge in [0.2, 0.25) is 9.84 Å². The molecule has 3 rings (SSSR count). The third kappa shape index (κ3) is 2.25. The fourth-order valence-corrected chi connectivity index (χ4v) is 4.05. The summed E-state index contributed by atoms with van der Waals surface area (Å²) in [5.41, 5.74) is 1.25. The van der Waals surface area contributed by atoms with Crippen molar-refractivity contribution in [1.82, 2.24) is 14.7 Å². The SMILES string of the molecule is CB1N(C)[SiH]N(c2ccn[nH]2)B(C)N1c1ccccc1. The van der Waals surface area contributed by atoms with Crippen molar-refractivity contribution in [2.45, 2.75) is 13.6 Å². The van der Waals surface area contributed by atoms with E-state index in [0.717, 1.165) is 5.82 Å². The molecule has 0 bridgehead atoms. The molecule has 1 aliphatic heterocycles. The Morgan fingerprint density at radius 3 is 2.50 bits per heavy atom. The van der Waals surface area contributed by atoms with Crippen LogP contribution in [0.15, 0.2) is 42.6 Å². The molecule has 1 aliphatic rings. The summed E-state index contributed by atoms with van der Waals surface area (Å²) < 4.78 is 7.26. The Balaban J connectivity index is 1.95. The summed E-state index contributed by atoms with van der Waals surface area (Å²) in [5.74, 6) is 1.09. The van der Waals surface area contributed by atoms with Gasteiger partial charge in [-0.05, 0) is 32.1 Å². The van der Waals surface area contributed by atoms with Crippen molar-refractivity contribution in [3.63, 3.8) is 0 Å². The highest BCUT2D eigenvalue weighted by Crippen LogP contribution is 2.25. The van der Waals surface area contributed by atoms with Gasteiger partial charge < -0.3 is 13.7 Å². The predicted molar refractivity (Wildman–Crippen MR) is 88.1 cm³/mol. The zero-order valence-corrected chi connectivity index (χ0v) is 13.2. The molecule has 101 valence electrons. The van der Waals surface area contributed by atoms with E-state index in [9.17, 15) is 0 Å². The second-order valence-corrected chi connectivity index (χ2v) is 6.74. The molecule has 1 fully saturated rings. The maximum atomic E-state index is 4.08. The third-order valence-electron chi connectivity index (χ3n) is 3.92. The molecule has 1 aromatic carbocycles. The van der Waals surface area contributed by atoms with Crippen molar-refractivity contribution in [2.24, 2.45) is 0 Å². The zero-order valence-electron chi connectivity index (χ0n) is 12.1. The second-order valence-electron chi connectivity index (χ2n) is 5.14. The summed E-state index contributed by atoms with van der Waals surface area (Å²) in [5, 5.41) is 7.17. The summed E-state index contributed by atoms with van der Waals surface area (Å²) in [7, 11) is 2.24. The Morgan fingerprint density at radius 1 is 1.10 bits per heavy atom. The molecular formula is C12H18B2N5Si. The van der Waals surface area contributed by atoms with E-state index in [1.807, 2.05) is 12.3 Å². The van der Waals surface area contributed by atoms with E-state index in [1.54, 1.807) is 0 Å². The fraction of sp³-hybridized carbons (Fsp3) is 0.250. The largest absolute Gasteiger partial charge is 0.429 e. The van der Waals surface area contributed by atoms with Crippen molar-refractivity contribution in [1.29, 1.82) is 0 Å². The van der Waals surface area contributed by atoms with Crippen LogP contribution in [0.2, 0.25) is 13.6 Å². The van der Waals surface area contributed by atoms with Crippen molar-refractivity contribution in [3.8, 4) is 0 Å². The molecule has 0 unspecified atom stereocenters. The Hall–Kier alpha value is -1.66. The first-order valence-corrected chi connectivity index (χ1v) is 7.90. The van der Waals surface area contributed by atoms with Gasteiger partial charge in [0.15, 0.2) is 0 Å². The van der Waals surface area contributed by atoms with Crippen LogP contribution in [-0.2, 0) is 0 Å². The van der Waals surface area contributed by atoms with Gasteiger partial charge in [0, 0.05) is 5.69 Å². The molecule has 0 spiro atoms. The van der Waals surface area contributed by atoms with Crippen molar-refractivity contribution in [3.05, 3.63) is 42.6 Å². The Morgan fingerprint density at radius 2 is 1.85 bits per heavy atom. The smallest absolute Gasteiger partial charge is 0.353 e. The molecule has 1 aromatic heterocycles. The van der Waals surface area contributed by atoms with E-state index in [0.29, 0.717) is 14.0 Å². The lowest BCUT2D eigenvalue weighted by Crippen LogP contribution is -2.71. The number of aromatic nitrogens is 2. The monoisotopic (exact) mass is 282 g/mol. The molecule has 5 nitrogen and oxygen atoms in total. The highest BCUT2D eigenvalue weighted by Gasteiger charge is 2.40. The van der Waals surface area contributed by atoms with Crippen LogP contribution in [0.3, 0.4) is 0 Å². The summed E-state index contributed by atoms with van der Waals surface area (Å²) in [4.78, 5) is 0. The summed E-state index contributed by atoms with van der Waals surface area (Å²) in [6, 6.07) is 12.6. The first-order valence-electron chi connectivity index (χ1n) is 6.86. The van der Waals surface area contributed by atoms with Gasteiger partial charge in [0.25, 0.3) is 0 Å². The average Bonchev–Trinajstić information content (AvgIpc) is 2.98. The second kappa shape index (κ2) is 5.38. The predicted octanol–water partition coefficient (Wildman–Crippen LogP) is 1.17. The fourth-order valence-electron chi connectivity index (χ4n) is 2.72. The van der Waals surface area contributed by atoms with Gasteiger partial charge in [-0.25, -0.2) is 0 Å². The topological polar surface area (TPSA) is 38.4 Å². The minimum absolute atomic E-state index is 0.0532. The van der Waals surface area contributed by atoms with Crippen molar-refractivity contribution >= 4 is 35.3 Å². The number of para-hydroxylation sites is 1. The van der Waals surface area contributed by atoms with Gasteiger partial charge in [-0.3, -0.25) is 5.10 Å². The molecule has 20 heavy (non-hydrogen) atoms. The van der Waals surface area contributed by atoms with Gasteiger partial charge in [-0.15, -0.1) is 0 Å². The van der Waals surface area contributed by atoms with Gasteiger partial charge >= 0.3 is 14.0 Å². The van der Waals surface area contributed by atoms with Gasteiger partial charge in [0.1, 0.15) is 5.82 Å². The van der Waals surface area contributed by atoms with Crippen LogP contribution in [0.4, 0.5) is 11.5 Å². The highest BCUT2D eigenvalue weighted by atomic mass is 28.2. The van der Waals surface area contributed by atoms with Gasteiger partial charge in [-0.2, -0.15) is 5.10 Å². The van der Waals surface area contributed by atoms with Crippen LogP contribution >= 0.6 is 0 Å². The third-order valence-corrected chi connectivity index (χ3v) is 5.68. The zero-order chi connectivity index (χ0) is 14.1. The first-order chi connectivity index (χ1) is 9.68. The maximum absolute atomic E-state index is 4.08. The molecule has 0 saturated carbocycles. The normalized spacial score (nSPS) is 16.9. The van der Waals surface area contributed by atoms with E-state index >= 15 is 0 Å². The Labute approximate surface area is 123 Å².